The number of aromatic nitrogens is 4. The van der Waals surface area contributed by atoms with Gasteiger partial charge in [0.05, 0.1) is 6.61 Å². The Bertz CT molecular complexity index is 1040. The molecule has 0 saturated heterocycles. The third-order valence-corrected chi connectivity index (χ3v) is 3.73. The molecule has 0 atom stereocenters. The largest absolute Gasteiger partial charge is 0.494 e. The molecule has 0 aliphatic carbocycles. The standard InChI is InChI=1S/C19H15FN4O3/c1-2-25-15-5-3-4-13(10-15)18-21-16(27-24-18)11-17-22-23-19(26-17)12-6-8-14(20)9-7-12/h3-10H,2,11H2,1H3. The molecular formula is C19H15FN4O3. The molecule has 8 heteroatoms. The SMILES string of the molecule is CCOc1cccc(-c2noc(Cc3nnc(-c4ccc(F)cc4)o3)n2)c1. The van der Waals surface area contributed by atoms with Gasteiger partial charge >= 0.3 is 0 Å². The van der Waals surface area contributed by atoms with Crippen molar-refractivity contribution < 1.29 is 18.1 Å². The Labute approximate surface area is 153 Å². The molecule has 4 aromatic rings. The molecule has 2 aromatic carbocycles. The number of hydrogen-bond donors (Lipinski definition) is 0. The van der Waals surface area contributed by atoms with E-state index < -0.39 is 0 Å². The molecule has 0 radical (unpaired) electrons. The second kappa shape index (κ2) is 7.36. The van der Waals surface area contributed by atoms with E-state index in [2.05, 4.69) is 20.3 Å². The highest BCUT2D eigenvalue weighted by Crippen LogP contribution is 2.23. The van der Waals surface area contributed by atoms with E-state index in [1.807, 2.05) is 31.2 Å². The van der Waals surface area contributed by atoms with Crippen molar-refractivity contribution in [3.63, 3.8) is 0 Å². The maximum atomic E-state index is 13.0. The lowest BCUT2D eigenvalue weighted by Crippen LogP contribution is -1.92. The van der Waals surface area contributed by atoms with Crippen molar-refractivity contribution in [1.82, 2.24) is 20.3 Å². The van der Waals surface area contributed by atoms with Crippen molar-refractivity contribution in [3.05, 3.63) is 66.1 Å². The highest BCUT2D eigenvalue weighted by molar-refractivity contribution is 5.57. The summed E-state index contributed by atoms with van der Waals surface area (Å²) in [5.74, 6) is 1.83. The molecule has 0 amide bonds. The molecule has 0 N–H and O–H groups in total. The highest BCUT2D eigenvalue weighted by Gasteiger charge is 2.15. The van der Waals surface area contributed by atoms with E-state index in [1.165, 1.54) is 12.1 Å². The molecule has 2 aromatic heterocycles. The normalized spacial score (nSPS) is 10.9. The van der Waals surface area contributed by atoms with Crippen LogP contribution in [-0.2, 0) is 6.42 Å². The summed E-state index contributed by atoms with van der Waals surface area (Å²) in [6.07, 6.45) is 0.201. The maximum absolute atomic E-state index is 13.0. The zero-order chi connectivity index (χ0) is 18.6. The van der Waals surface area contributed by atoms with Gasteiger partial charge in [0.25, 0.3) is 0 Å². The van der Waals surface area contributed by atoms with Crippen LogP contribution in [0.15, 0.2) is 57.5 Å². The van der Waals surface area contributed by atoms with Crippen molar-refractivity contribution in [1.29, 1.82) is 0 Å². The van der Waals surface area contributed by atoms with E-state index in [9.17, 15) is 4.39 Å². The summed E-state index contributed by atoms with van der Waals surface area (Å²) in [4.78, 5) is 4.36. The summed E-state index contributed by atoms with van der Waals surface area (Å²) in [6.45, 7) is 2.50. The van der Waals surface area contributed by atoms with E-state index in [-0.39, 0.29) is 12.2 Å². The van der Waals surface area contributed by atoms with E-state index in [1.54, 1.807) is 12.1 Å². The third kappa shape index (κ3) is 3.84. The quantitative estimate of drug-likeness (QED) is 0.511. The predicted molar refractivity (Wildman–Crippen MR) is 93.4 cm³/mol. The van der Waals surface area contributed by atoms with Gasteiger partial charge < -0.3 is 13.7 Å². The smallest absolute Gasteiger partial charge is 0.247 e. The summed E-state index contributed by atoms with van der Waals surface area (Å²) < 4.78 is 29.3. The van der Waals surface area contributed by atoms with Crippen LogP contribution in [0, 0.1) is 5.82 Å². The minimum atomic E-state index is -0.328. The molecule has 0 bridgehead atoms. The van der Waals surface area contributed by atoms with E-state index in [4.69, 9.17) is 13.7 Å². The van der Waals surface area contributed by atoms with Gasteiger partial charge in [-0.2, -0.15) is 4.98 Å². The van der Waals surface area contributed by atoms with Crippen LogP contribution < -0.4 is 4.74 Å². The van der Waals surface area contributed by atoms with Gasteiger partial charge in [0, 0.05) is 11.1 Å². The summed E-state index contributed by atoms with van der Waals surface area (Å²) >= 11 is 0. The van der Waals surface area contributed by atoms with Crippen LogP contribution in [0.3, 0.4) is 0 Å². The lowest BCUT2D eigenvalue weighted by Gasteiger charge is -2.02. The van der Waals surface area contributed by atoms with Crippen LogP contribution in [0.2, 0.25) is 0 Å². The molecule has 0 aliphatic rings. The number of halogens is 1. The first kappa shape index (κ1) is 16.9. The van der Waals surface area contributed by atoms with Gasteiger partial charge in [-0.3, -0.25) is 0 Å². The van der Waals surface area contributed by atoms with E-state index in [0.717, 1.165) is 11.3 Å². The monoisotopic (exact) mass is 366 g/mol. The fourth-order valence-corrected chi connectivity index (χ4v) is 2.50. The minimum absolute atomic E-state index is 0.201. The molecule has 0 fully saturated rings. The summed E-state index contributed by atoms with van der Waals surface area (Å²) in [5.41, 5.74) is 1.42. The van der Waals surface area contributed by atoms with Gasteiger partial charge in [-0.1, -0.05) is 17.3 Å². The van der Waals surface area contributed by atoms with Crippen molar-refractivity contribution in [2.45, 2.75) is 13.3 Å². The van der Waals surface area contributed by atoms with Crippen LogP contribution in [0.4, 0.5) is 4.39 Å². The van der Waals surface area contributed by atoms with Crippen molar-refractivity contribution >= 4 is 0 Å². The highest BCUT2D eigenvalue weighted by atomic mass is 19.1. The van der Waals surface area contributed by atoms with Crippen LogP contribution in [0.5, 0.6) is 5.75 Å². The van der Waals surface area contributed by atoms with Gasteiger partial charge in [0.15, 0.2) is 0 Å². The predicted octanol–water partition coefficient (Wildman–Crippen LogP) is 3.92. The zero-order valence-electron chi connectivity index (χ0n) is 14.4. The Morgan fingerprint density at radius 1 is 1.00 bits per heavy atom. The van der Waals surface area contributed by atoms with Crippen LogP contribution >= 0.6 is 0 Å². The van der Waals surface area contributed by atoms with Crippen molar-refractivity contribution in [2.24, 2.45) is 0 Å². The van der Waals surface area contributed by atoms with Crippen LogP contribution in [-0.4, -0.2) is 26.9 Å². The number of benzene rings is 2. The molecule has 7 nitrogen and oxygen atoms in total. The molecule has 4 rings (SSSR count). The lowest BCUT2D eigenvalue weighted by atomic mass is 10.2. The number of ether oxygens (including phenoxy) is 1. The van der Waals surface area contributed by atoms with Gasteiger partial charge in [-0.15, -0.1) is 10.2 Å². The second-order valence-corrected chi connectivity index (χ2v) is 5.66. The summed E-state index contributed by atoms with van der Waals surface area (Å²) in [6, 6.07) is 13.3. The van der Waals surface area contributed by atoms with Crippen molar-refractivity contribution in [2.75, 3.05) is 6.61 Å². The van der Waals surface area contributed by atoms with E-state index in [0.29, 0.717) is 35.7 Å². The van der Waals surface area contributed by atoms with Gasteiger partial charge in [-0.05, 0) is 43.3 Å². The first-order chi connectivity index (χ1) is 13.2. The van der Waals surface area contributed by atoms with Crippen molar-refractivity contribution in [3.8, 4) is 28.6 Å². The zero-order valence-corrected chi connectivity index (χ0v) is 14.4. The number of nitrogens with zero attached hydrogens (tertiary/aromatic N) is 4. The molecule has 0 aliphatic heterocycles. The fourth-order valence-electron chi connectivity index (χ4n) is 2.50. The summed E-state index contributed by atoms with van der Waals surface area (Å²) in [7, 11) is 0. The van der Waals surface area contributed by atoms with Crippen LogP contribution in [0.1, 0.15) is 18.7 Å². The molecule has 136 valence electrons. The number of rotatable bonds is 6. The lowest BCUT2D eigenvalue weighted by molar-refractivity contribution is 0.340. The Hall–Kier alpha value is -3.55. The average Bonchev–Trinajstić information content (AvgIpc) is 3.33. The Kier molecular flexibility index (Phi) is 4.61. The summed E-state index contributed by atoms with van der Waals surface area (Å²) in [5, 5.41) is 11.9. The first-order valence-electron chi connectivity index (χ1n) is 8.35. The number of hydrogen-bond acceptors (Lipinski definition) is 7. The van der Waals surface area contributed by atoms with Gasteiger partial charge in [0.2, 0.25) is 23.5 Å². The fraction of sp³-hybridized carbons (Fsp3) is 0.158. The first-order valence-corrected chi connectivity index (χ1v) is 8.35. The Balaban J connectivity index is 1.50. The molecule has 0 unspecified atom stereocenters. The van der Waals surface area contributed by atoms with Gasteiger partial charge in [0.1, 0.15) is 18.0 Å². The molecular weight excluding hydrogens is 351 g/mol. The van der Waals surface area contributed by atoms with Crippen LogP contribution in [0.25, 0.3) is 22.8 Å². The molecule has 2 heterocycles. The molecule has 27 heavy (non-hydrogen) atoms. The Morgan fingerprint density at radius 3 is 2.67 bits per heavy atom. The third-order valence-electron chi connectivity index (χ3n) is 3.73. The second-order valence-electron chi connectivity index (χ2n) is 5.66. The average molecular weight is 366 g/mol. The molecule has 0 saturated carbocycles. The Morgan fingerprint density at radius 2 is 1.85 bits per heavy atom. The maximum Gasteiger partial charge on any atom is 0.247 e. The van der Waals surface area contributed by atoms with Gasteiger partial charge in [-0.25, -0.2) is 4.39 Å². The molecule has 0 spiro atoms. The van der Waals surface area contributed by atoms with E-state index >= 15 is 0 Å². The minimum Gasteiger partial charge on any atom is -0.494 e. The topological polar surface area (TPSA) is 87.1 Å².